The zero-order valence-corrected chi connectivity index (χ0v) is 11.2. The van der Waals surface area contributed by atoms with Gasteiger partial charge in [-0.2, -0.15) is 0 Å². The highest BCUT2D eigenvalue weighted by atomic mass is 32.2. The predicted molar refractivity (Wildman–Crippen MR) is 68.7 cm³/mol. The minimum Gasteiger partial charge on any atom is -0.481 e. The van der Waals surface area contributed by atoms with Crippen molar-refractivity contribution in [3.63, 3.8) is 0 Å². The monoisotopic (exact) mass is 271 g/mol. The van der Waals surface area contributed by atoms with Crippen molar-refractivity contribution in [2.24, 2.45) is 0 Å². The minimum absolute atomic E-state index is 0.0322. The van der Waals surface area contributed by atoms with E-state index >= 15 is 0 Å². The normalized spacial score (nSPS) is 15.9. The van der Waals surface area contributed by atoms with Crippen molar-refractivity contribution in [3.8, 4) is 0 Å². The molecule has 0 saturated carbocycles. The van der Waals surface area contributed by atoms with E-state index in [0.29, 0.717) is 13.2 Å². The zero-order valence-electron chi connectivity index (χ0n) is 10.3. The van der Waals surface area contributed by atoms with Gasteiger partial charge in [-0.15, -0.1) is 0 Å². The third-order valence-corrected chi connectivity index (χ3v) is 3.66. The number of rotatable bonds is 5. The van der Waals surface area contributed by atoms with Crippen LogP contribution >= 0.6 is 11.8 Å². The van der Waals surface area contributed by atoms with E-state index in [2.05, 4.69) is 16.9 Å². The van der Waals surface area contributed by atoms with Gasteiger partial charge in [-0.05, 0) is 6.42 Å². The molecule has 1 aliphatic heterocycles. The number of carboxylic acids is 1. The SMILES string of the molecule is CCc1cnc(SCC(=O)O)n1N1CCOCC1. The number of morpholine rings is 1. The predicted octanol–water partition coefficient (Wildman–Crippen LogP) is 0.590. The second-order valence-corrected chi connectivity index (χ2v) is 4.89. The van der Waals surface area contributed by atoms with Crippen LogP contribution in [0.3, 0.4) is 0 Å². The number of imidazole rings is 1. The summed E-state index contributed by atoms with van der Waals surface area (Å²) in [5, 5.41) is 11.7. The molecule has 0 aromatic carbocycles. The van der Waals surface area contributed by atoms with E-state index in [9.17, 15) is 4.79 Å². The fraction of sp³-hybridized carbons (Fsp3) is 0.636. The van der Waals surface area contributed by atoms with Gasteiger partial charge in [0.05, 0.1) is 43.9 Å². The summed E-state index contributed by atoms with van der Waals surface area (Å²) in [5.74, 6) is -0.792. The Morgan fingerprint density at radius 1 is 1.56 bits per heavy atom. The molecule has 1 saturated heterocycles. The largest absolute Gasteiger partial charge is 0.481 e. The lowest BCUT2D eigenvalue weighted by molar-refractivity contribution is -0.133. The molecule has 1 aromatic rings. The second kappa shape index (κ2) is 6.10. The molecule has 1 aliphatic rings. The minimum atomic E-state index is -0.824. The van der Waals surface area contributed by atoms with E-state index < -0.39 is 5.97 Å². The highest BCUT2D eigenvalue weighted by Crippen LogP contribution is 2.20. The third kappa shape index (κ3) is 2.97. The molecular weight excluding hydrogens is 254 g/mol. The quantitative estimate of drug-likeness (QED) is 0.791. The molecule has 1 fully saturated rings. The van der Waals surface area contributed by atoms with Gasteiger partial charge < -0.3 is 14.9 Å². The summed E-state index contributed by atoms with van der Waals surface area (Å²) in [7, 11) is 0. The first kappa shape index (κ1) is 13.2. The lowest BCUT2D eigenvalue weighted by atomic mass is 10.4. The lowest BCUT2D eigenvalue weighted by Gasteiger charge is -2.31. The number of nitrogens with zero attached hydrogens (tertiary/aromatic N) is 3. The first-order valence-electron chi connectivity index (χ1n) is 5.96. The van der Waals surface area contributed by atoms with Crippen molar-refractivity contribution in [1.82, 2.24) is 9.66 Å². The average Bonchev–Trinajstić information content (AvgIpc) is 2.80. The van der Waals surface area contributed by atoms with Gasteiger partial charge in [-0.1, -0.05) is 18.7 Å². The Labute approximate surface area is 110 Å². The fourth-order valence-corrected chi connectivity index (χ4v) is 2.62. The first-order chi connectivity index (χ1) is 8.72. The molecule has 100 valence electrons. The standard InChI is InChI=1S/C11H17N3O3S/c1-2-9-7-12-11(18-8-10(15)16)14(9)13-3-5-17-6-4-13/h7H,2-6,8H2,1H3,(H,15,16). The van der Waals surface area contributed by atoms with E-state index in [4.69, 9.17) is 9.84 Å². The third-order valence-electron chi connectivity index (χ3n) is 2.73. The molecule has 18 heavy (non-hydrogen) atoms. The highest BCUT2D eigenvalue weighted by molar-refractivity contribution is 7.99. The van der Waals surface area contributed by atoms with Gasteiger partial charge in [0.2, 0.25) is 0 Å². The Morgan fingerprint density at radius 2 is 2.28 bits per heavy atom. The van der Waals surface area contributed by atoms with Crippen molar-refractivity contribution < 1.29 is 14.6 Å². The summed E-state index contributed by atoms with van der Waals surface area (Å²) in [6.07, 6.45) is 2.69. The first-order valence-corrected chi connectivity index (χ1v) is 6.95. The number of ether oxygens (including phenoxy) is 1. The number of hydrogen-bond donors (Lipinski definition) is 1. The molecule has 0 aliphatic carbocycles. The topological polar surface area (TPSA) is 67.6 Å². The molecule has 1 aromatic heterocycles. The van der Waals surface area contributed by atoms with Crippen LogP contribution in [0, 0.1) is 0 Å². The summed E-state index contributed by atoms with van der Waals surface area (Å²) in [6.45, 7) is 5.09. The number of carbonyl (C=O) groups is 1. The van der Waals surface area contributed by atoms with E-state index in [1.54, 1.807) is 0 Å². The van der Waals surface area contributed by atoms with Crippen molar-refractivity contribution in [1.29, 1.82) is 0 Å². The Balaban J connectivity index is 2.18. The van der Waals surface area contributed by atoms with Crippen LogP contribution in [-0.4, -0.2) is 52.8 Å². The molecule has 0 radical (unpaired) electrons. The molecule has 2 heterocycles. The summed E-state index contributed by atoms with van der Waals surface area (Å²) < 4.78 is 7.37. The van der Waals surface area contributed by atoms with Gasteiger partial charge in [0.1, 0.15) is 0 Å². The van der Waals surface area contributed by atoms with Crippen molar-refractivity contribution in [3.05, 3.63) is 11.9 Å². The van der Waals surface area contributed by atoms with E-state index in [-0.39, 0.29) is 5.75 Å². The summed E-state index contributed by atoms with van der Waals surface area (Å²) in [4.78, 5) is 15.0. The van der Waals surface area contributed by atoms with E-state index in [1.165, 1.54) is 11.8 Å². The summed E-state index contributed by atoms with van der Waals surface area (Å²) in [5.41, 5.74) is 1.10. The van der Waals surface area contributed by atoms with E-state index in [1.807, 2.05) is 10.9 Å². The maximum absolute atomic E-state index is 10.6. The molecule has 2 rings (SSSR count). The van der Waals surface area contributed by atoms with Crippen LogP contribution in [0.4, 0.5) is 0 Å². The van der Waals surface area contributed by atoms with Crippen molar-refractivity contribution in [2.75, 3.05) is 37.1 Å². The van der Waals surface area contributed by atoms with Gasteiger partial charge in [-0.25, -0.2) is 9.66 Å². The van der Waals surface area contributed by atoms with Crippen molar-refractivity contribution in [2.45, 2.75) is 18.5 Å². The Morgan fingerprint density at radius 3 is 2.89 bits per heavy atom. The van der Waals surface area contributed by atoms with Crippen LogP contribution in [0.25, 0.3) is 0 Å². The molecule has 0 spiro atoms. The van der Waals surface area contributed by atoms with E-state index in [0.717, 1.165) is 30.4 Å². The molecule has 1 N–H and O–H groups in total. The maximum Gasteiger partial charge on any atom is 0.313 e. The molecule has 7 heteroatoms. The number of hydrogen-bond acceptors (Lipinski definition) is 5. The summed E-state index contributed by atoms with van der Waals surface area (Å²) >= 11 is 1.25. The van der Waals surface area contributed by atoms with Gasteiger partial charge in [0.25, 0.3) is 0 Å². The Bertz CT molecular complexity index is 416. The van der Waals surface area contributed by atoms with Crippen LogP contribution in [0.1, 0.15) is 12.6 Å². The smallest absolute Gasteiger partial charge is 0.313 e. The molecule has 0 bridgehead atoms. The van der Waals surface area contributed by atoms with Crippen LogP contribution in [0.15, 0.2) is 11.4 Å². The number of thioether (sulfide) groups is 1. The average molecular weight is 271 g/mol. The van der Waals surface area contributed by atoms with Gasteiger partial charge in [0.15, 0.2) is 5.16 Å². The van der Waals surface area contributed by atoms with Crippen LogP contribution < -0.4 is 5.01 Å². The van der Waals surface area contributed by atoms with Gasteiger partial charge >= 0.3 is 5.97 Å². The molecular formula is C11H17N3O3S. The Hall–Kier alpha value is -1.21. The lowest BCUT2D eigenvalue weighted by Crippen LogP contribution is -2.45. The zero-order chi connectivity index (χ0) is 13.0. The van der Waals surface area contributed by atoms with Crippen LogP contribution in [-0.2, 0) is 16.0 Å². The number of aromatic nitrogens is 2. The second-order valence-electron chi connectivity index (χ2n) is 3.95. The van der Waals surface area contributed by atoms with Crippen LogP contribution in [0.5, 0.6) is 0 Å². The van der Waals surface area contributed by atoms with Crippen molar-refractivity contribution >= 4 is 17.7 Å². The molecule has 0 atom stereocenters. The van der Waals surface area contributed by atoms with Gasteiger partial charge in [0, 0.05) is 0 Å². The van der Waals surface area contributed by atoms with Gasteiger partial charge in [-0.3, -0.25) is 4.79 Å². The number of aryl methyl sites for hydroxylation is 1. The molecule has 0 unspecified atom stereocenters. The maximum atomic E-state index is 10.6. The Kier molecular flexibility index (Phi) is 4.48. The number of aliphatic carboxylic acids is 1. The van der Waals surface area contributed by atoms with Crippen LogP contribution in [0.2, 0.25) is 0 Å². The molecule has 0 amide bonds. The summed E-state index contributed by atoms with van der Waals surface area (Å²) in [6, 6.07) is 0. The molecule has 6 nitrogen and oxygen atoms in total. The fourth-order valence-electron chi connectivity index (χ4n) is 1.88. The number of carboxylic acid groups (broad SMARTS) is 1. The highest BCUT2D eigenvalue weighted by Gasteiger charge is 2.18.